The summed E-state index contributed by atoms with van der Waals surface area (Å²) < 4.78 is 4.85. The van der Waals surface area contributed by atoms with Crippen LogP contribution in [0.5, 0.6) is 0 Å². The lowest BCUT2D eigenvalue weighted by molar-refractivity contribution is -0.135. The highest BCUT2D eigenvalue weighted by molar-refractivity contribution is 5.95. The smallest absolute Gasteiger partial charge is 0.338 e. The van der Waals surface area contributed by atoms with Gasteiger partial charge in [0.25, 0.3) is 0 Å². The van der Waals surface area contributed by atoms with E-state index >= 15 is 0 Å². The van der Waals surface area contributed by atoms with E-state index in [1.54, 1.807) is 0 Å². The molecule has 0 aliphatic rings. The zero-order valence-electron chi connectivity index (χ0n) is 13.8. The molecule has 110 valence electrons. The highest BCUT2D eigenvalue weighted by Crippen LogP contribution is 2.21. The summed E-state index contributed by atoms with van der Waals surface area (Å²) in [6, 6.07) is 0. The van der Waals surface area contributed by atoms with E-state index in [0.717, 1.165) is 16.7 Å². The maximum atomic E-state index is 11.9. The number of likely N-dealkylation sites (N-methyl/N-ethyl adjacent to an activating group) is 1. The van der Waals surface area contributed by atoms with Crippen LogP contribution in [0.15, 0.2) is 34.9 Å². The Morgan fingerprint density at radius 2 is 1.74 bits per heavy atom. The molecule has 0 aromatic rings. The molecule has 0 aromatic carbocycles. The van der Waals surface area contributed by atoms with E-state index in [1.807, 2.05) is 59.7 Å². The van der Waals surface area contributed by atoms with Gasteiger partial charge in [-0.2, -0.15) is 0 Å². The molecule has 0 heterocycles. The SMILES string of the molecule is C=C(C)/C(CN(C)C)=C(C(=O)OC)\C(C)=C/C.CC. The van der Waals surface area contributed by atoms with Gasteiger partial charge in [0.15, 0.2) is 0 Å². The van der Waals surface area contributed by atoms with Gasteiger partial charge in [-0.1, -0.05) is 32.1 Å². The summed E-state index contributed by atoms with van der Waals surface area (Å²) in [5.74, 6) is -0.305. The van der Waals surface area contributed by atoms with E-state index < -0.39 is 0 Å². The van der Waals surface area contributed by atoms with Crippen LogP contribution in [0.1, 0.15) is 34.6 Å². The van der Waals surface area contributed by atoms with Gasteiger partial charge in [-0.05, 0) is 46.0 Å². The second-order valence-corrected chi connectivity index (χ2v) is 4.33. The normalized spacial score (nSPS) is 12.4. The maximum absolute atomic E-state index is 11.9. The van der Waals surface area contributed by atoms with Gasteiger partial charge in [0, 0.05) is 6.54 Å². The first-order valence-corrected chi connectivity index (χ1v) is 6.60. The van der Waals surface area contributed by atoms with Crippen LogP contribution in [0.3, 0.4) is 0 Å². The summed E-state index contributed by atoms with van der Waals surface area (Å²) in [5.41, 5.74) is 3.35. The molecule has 0 saturated carbocycles. The van der Waals surface area contributed by atoms with Crippen LogP contribution in [0, 0.1) is 0 Å². The second-order valence-electron chi connectivity index (χ2n) is 4.33. The number of esters is 1. The standard InChI is InChI=1S/C14H23NO2.C2H6/c1-8-11(4)13(14(16)17-7)12(10(2)3)9-15(5)6;1-2/h8H,2,9H2,1,3-7H3;1-2H3/b11-8-,13-12+;. The molecule has 0 rings (SSSR count). The van der Waals surface area contributed by atoms with Crippen molar-refractivity contribution in [1.29, 1.82) is 0 Å². The molecule has 0 amide bonds. The van der Waals surface area contributed by atoms with Crippen molar-refractivity contribution < 1.29 is 9.53 Å². The minimum atomic E-state index is -0.305. The van der Waals surface area contributed by atoms with E-state index in [9.17, 15) is 4.79 Å². The first-order valence-electron chi connectivity index (χ1n) is 6.60. The average Bonchev–Trinajstić information content (AvgIpc) is 2.38. The third kappa shape index (κ3) is 6.97. The molecule has 0 aromatic heterocycles. The predicted octanol–water partition coefficient (Wildman–Crippen LogP) is 3.59. The zero-order chi connectivity index (χ0) is 15.6. The van der Waals surface area contributed by atoms with Crippen LogP contribution < -0.4 is 0 Å². The Kier molecular flexibility index (Phi) is 11.1. The summed E-state index contributed by atoms with van der Waals surface area (Å²) in [6.45, 7) is 14.3. The van der Waals surface area contributed by atoms with Crippen LogP contribution in [0.2, 0.25) is 0 Å². The predicted molar refractivity (Wildman–Crippen MR) is 83.2 cm³/mol. The van der Waals surface area contributed by atoms with Crippen molar-refractivity contribution in [3.05, 3.63) is 34.9 Å². The Labute approximate surface area is 118 Å². The van der Waals surface area contributed by atoms with Crippen LogP contribution >= 0.6 is 0 Å². The van der Waals surface area contributed by atoms with Gasteiger partial charge in [-0.15, -0.1) is 0 Å². The maximum Gasteiger partial charge on any atom is 0.338 e. The number of rotatable bonds is 5. The fourth-order valence-electron chi connectivity index (χ4n) is 1.51. The number of nitrogens with zero attached hydrogens (tertiary/aromatic N) is 1. The number of ether oxygens (including phenoxy) is 1. The molecule has 3 nitrogen and oxygen atoms in total. The number of hydrogen-bond acceptors (Lipinski definition) is 3. The van der Waals surface area contributed by atoms with Gasteiger partial charge in [-0.25, -0.2) is 4.79 Å². The van der Waals surface area contributed by atoms with Crippen molar-refractivity contribution in [2.75, 3.05) is 27.7 Å². The lowest BCUT2D eigenvalue weighted by Crippen LogP contribution is -2.20. The third-order valence-electron chi connectivity index (χ3n) is 2.51. The Bertz CT molecular complexity index is 363. The largest absolute Gasteiger partial charge is 0.465 e. The minimum absolute atomic E-state index is 0.305. The molecular weight excluding hydrogens is 238 g/mol. The van der Waals surface area contributed by atoms with Crippen molar-refractivity contribution in [3.63, 3.8) is 0 Å². The Balaban J connectivity index is 0. The van der Waals surface area contributed by atoms with Gasteiger partial charge < -0.3 is 9.64 Å². The van der Waals surface area contributed by atoms with Crippen molar-refractivity contribution in [2.45, 2.75) is 34.6 Å². The summed E-state index contributed by atoms with van der Waals surface area (Å²) in [4.78, 5) is 13.9. The fraction of sp³-hybridized carbons (Fsp3) is 0.562. The molecule has 19 heavy (non-hydrogen) atoms. The third-order valence-corrected chi connectivity index (χ3v) is 2.51. The van der Waals surface area contributed by atoms with Crippen LogP contribution in [0.25, 0.3) is 0 Å². The summed E-state index contributed by atoms with van der Waals surface area (Å²) in [6.07, 6.45) is 1.91. The molecule has 0 aliphatic heterocycles. The highest BCUT2D eigenvalue weighted by Gasteiger charge is 2.18. The van der Waals surface area contributed by atoms with E-state index in [0.29, 0.717) is 12.1 Å². The van der Waals surface area contributed by atoms with E-state index in [-0.39, 0.29) is 5.97 Å². The molecule has 0 radical (unpaired) electrons. The van der Waals surface area contributed by atoms with Crippen molar-refractivity contribution in [3.8, 4) is 0 Å². The van der Waals surface area contributed by atoms with Gasteiger partial charge in [-0.3, -0.25) is 0 Å². The average molecular weight is 267 g/mol. The molecule has 0 saturated heterocycles. The van der Waals surface area contributed by atoms with Crippen LogP contribution in [-0.2, 0) is 9.53 Å². The molecule has 0 fully saturated rings. The summed E-state index contributed by atoms with van der Waals surface area (Å²) >= 11 is 0. The minimum Gasteiger partial charge on any atom is -0.465 e. The van der Waals surface area contributed by atoms with E-state index in [1.165, 1.54) is 7.11 Å². The zero-order valence-corrected chi connectivity index (χ0v) is 13.8. The van der Waals surface area contributed by atoms with Crippen LogP contribution in [-0.4, -0.2) is 38.6 Å². The Morgan fingerprint density at radius 1 is 1.26 bits per heavy atom. The number of carbonyl (C=O) groups is 1. The highest BCUT2D eigenvalue weighted by atomic mass is 16.5. The molecular formula is C16H29NO2. The van der Waals surface area contributed by atoms with Crippen molar-refractivity contribution in [2.24, 2.45) is 0 Å². The molecule has 0 aliphatic carbocycles. The lowest BCUT2D eigenvalue weighted by atomic mass is 9.96. The van der Waals surface area contributed by atoms with Gasteiger partial charge in [0.05, 0.1) is 12.7 Å². The summed E-state index contributed by atoms with van der Waals surface area (Å²) in [7, 11) is 5.32. The van der Waals surface area contributed by atoms with Crippen molar-refractivity contribution >= 4 is 5.97 Å². The van der Waals surface area contributed by atoms with E-state index in [2.05, 4.69) is 6.58 Å². The fourth-order valence-corrected chi connectivity index (χ4v) is 1.51. The second kappa shape index (κ2) is 10.6. The number of hydrogen-bond donors (Lipinski definition) is 0. The Hall–Kier alpha value is -1.35. The number of carbonyl (C=O) groups excluding carboxylic acids is 1. The molecule has 0 bridgehead atoms. The van der Waals surface area contributed by atoms with Crippen LogP contribution in [0.4, 0.5) is 0 Å². The molecule has 0 N–H and O–H groups in total. The number of allylic oxidation sites excluding steroid dienone is 1. The van der Waals surface area contributed by atoms with E-state index in [4.69, 9.17) is 4.74 Å². The van der Waals surface area contributed by atoms with Gasteiger partial charge in [0.2, 0.25) is 0 Å². The topological polar surface area (TPSA) is 29.5 Å². The Morgan fingerprint density at radius 3 is 2.00 bits per heavy atom. The molecule has 0 spiro atoms. The van der Waals surface area contributed by atoms with Gasteiger partial charge in [0.1, 0.15) is 0 Å². The van der Waals surface area contributed by atoms with Crippen molar-refractivity contribution in [1.82, 2.24) is 4.90 Å². The monoisotopic (exact) mass is 267 g/mol. The molecule has 0 atom stereocenters. The van der Waals surface area contributed by atoms with Gasteiger partial charge >= 0.3 is 5.97 Å². The lowest BCUT2D eigenvalue weighted by Gasteiger charge is -2.18. The molecule has 3 heteroatoms. The quantitative estimate of drug-likeness (QED) is 0.433. The first kappa shape index (κ1) is 20.0. The summed E-state index contributed by atoms with van der Waals surface area (Å²) in [5, 5.41) is 0. The molecule has 0 unspecified atom stereocenters. The first-order chi connectivity index (χ1) is 8.84. The number of methoxy groups -OCH3 is 1.